The molecule has 0 bridgehead atoms. The molecule has 0 spiro atoms. The van der Waals surface area contributed by atoms with Crippen LogP contribution in [-0.2, 0) is 16.0 Å². The van der Waals surface area contributed by atoms with E-state index in [2.05, 4.69) is 25.9 Å². The minimum absolute atomic E-state index is 0.176. The molecule has 0 aliphatic carbocycles. The fraction of sp³-hybridized carbons (Fsp3) is 0.320. The predicted molar refractivity (Wildman–Crippen MR) is 141 cm³/mol. The molecular formula is C25H28ClN5O5S. The van der Waals surface area contributed by atoms with Gasteiger partial charge in [-0.15, -0.1) is 11.3 Å². The van der Waals surface area contributed by atoms with Crippen molar-refractivity contribution < 1.29 is 24.2 Å². The van der Waals surface area contributed by atoms with Gasteiger partial charge in [-0.25, -0.2) is 14.8 Å². The Morgan fingerprint density at radius 2 is 1.84 bits per heavy atom. The number of ether oxygens (including phenoxy) is 1. The SMILES string of the molecule is COC(=O)[C@H](CNC(=O)c1ccc(Cl)s1)NC(=O)c1c(C)nc(NCCCc2cccc(O)c2)nc1C. The Labute approximate surface area is 223 Å². The van der Waals surface area contributed by atoms with E-state index in [1.54, 1.807) is 44.2 Å². The highest BCUT2D eigenvalue weighted by Crippen LogP contribution is 2.21. The number of halogens is 1. The van der Waals surface area contributed by atoms with Gasteiger partial charge < -0.3 is 25.8 Å². The van der Waals surface area contributed by atoms with Gasteiger partial charge in [0.1, 0.15) is 11.8 Å². The van der Waals surface area contributed by atoms with Crippen molar-refractivity contribution in [2.75, 3.05) is 25.5 Å². The van der Waals surface area contributed by atoms with Gasteiger partial charge in [0.05, 0.1) is 33.3 Å². The number of phenolic OH excluding ortho intramolecular Hbond substituents is 1. The summed E-state index contributed by atoms with van der Waals surface area (Å²) >= 11 is 6.97. The normalized spacial score (nSPS) is 11.5. The molecule has 12 heteroatoms. The van der Waals surface area contributed by atoms with E-state index in [4.69, 9.17) is 16.3 Å². The van der Waals surface area contributed by atoms with Crippen molar-refractivity contribution in [3.8, 4) is 5.75 Å². The van der Waals surface area contributed by atoms with E-state index in [9.17, 15) is 19.5 Å². The number of amides is 2. The van der Waals surface area contributed by atoms with E-state index >= 15 is 0 Å². The highest BCUT2D eigenvalue weighted by molar-refractivity contribution is 7.18. The van der Waals surface area contributed by atoms with E-state index in [1.807, 2.05) is 6.07 Å². The number of nitrogens with one attached hydrogen (secondary N) is 3. The number of aromatic nitrogens is 2. The predicted octanol–water partition coefficient (Wildman–Crippen LogP) is 3.26. The Morgan fingerprint density at radius 1 is 1.11 bits per heavy atom. The van der Waals surface area contributed by atoms with Gasteiger partial charge in [-0.05, 0) is 56.5 Å². The molecule has 0 saturated carbocycles. The molecule has 3 aromatic rings. The molecule has 2 heterocycles. The van der Waals surface area contributed by atoms with E-state index in [1.165, 1.54) is 7.11 Å². The first-order valence-electron chi connectivity index (χ1n) is 11.5. The number of carbonyl (C=O) groups is 3. The van der Waals surface area contributed by atoms with Gasteiger partial charge in [-0.3, -0.25) is 9.59 Å². The van der Waals surface area contributed by atoms with Gasteiger partial charge >= 0.3 is 5.97 Å². The standard InChI is InChI=1S/C25H28ClN5O5S/c1-14-21(15(2)30-25(29-14)27-11-5-7-16-6-4-8-17(32)12-16)23(34)31-18(24(35)36-3)13-28-22(33)19-9-10-20(26)37-19/h4,6,8-10,12,18,32H,5,7,11,13H2,1-3H3,(H,28,33)(H,31,34)(H,27,29,30)/t18-/m0/s1. The van der Waals surface area contributed by atoms with Gasteiger partial charge in [-0.1, -0.05) is 23.7 Å². The number of hydrogen-bond acceptors (Lipinski definition) is 9. The smallest absolute Gasteiger partial charge is 0.330 e. The lowest BCUT2D eigenvalue weighted by Gasteiger charge is -2.18. The third-order valence-corrected chi connectivity index (χ3v) is 6.62. The molecule has 1 atom stereocenters. The van der Waals surface area contributed by atoms with Crippen molar-refractivity contribution in [3.05, 3.63) is 68.1 Å². The second kappa shape index (κ2) is 13.0. The van der Waals surface area contributed by atoms with Crippen LogP contribution in [0.2, 0.25) is 4.34 Å². The van der Waals surface area contributed by atoms with Crippen LogP contribution >= 0.6 is 22.9 Å². The van der Waals surface area contributed by atoms with E-state index < -0.39 is 23.8 Å². The fourth-order valence-electron chi connectivity index (χ4n) is 3.61. The third kappa shape index (κ3) is 7.89. The largest absolute Gasteiger partial charge is 0.508 e. The lowest BCUT2D eigenvalue weighted by atomic mass is 10.1. The molecule has 1 aromatic carbocycles. The molecule has 0 radical (unpaired) electrons. The summed E-state index contributed by atoms with van der Waals surface area (Å²) < 4.78 is 5.25. The lowest BCUT2D eigenvalue weighted by molar-refractivity contribution is -0.142. The zero-order valence-electron chi connectivity index (χ0n) is 20.6. The minimum Gasteiger partial charge on any atom is -0.508 e. The summed E-state index contributed by atoms with van der Waals surface area (Å²) in [5.74, 6) is -1.07. The van der Waals surface area contributed by atoms with Crippen molar-refractivity contribution in [2.24, 2.45) is 0 Å². The van der Waals surface area contributed by atoms with Gasteiger partial charge in [0, 0.05) is 13.1 Å². The summed E-state index contributed by atoms with van der Waals surface area (Å²) in [4.78, 5) is 46.7. The van der Waals surface area contributed by atoms with Crippen LogP contribution < -0.4 is 16.0 Å². The topological polar surface area (TPSA) is 143 Å². The van der Waals surface area contributed by atoms with Crippen molar-refractivity contribution in [2.45, 2.75) is 32.7 Å². The molecule has 10 nitrogen and oxygen atoms in total. The molecule has 196 valence electrons. The van der Waals surface area contributed by atoms with Crippen molar-refractivity contribution in [1.29, 1.82) is 0 Å². The second-order valence-corrected chi connectivity index (χ2v) is 9.87. The van der Waals surface area contributed by atoms with Gasteiger partial charge in [0.15, 0.2) is 0 Å². The molecule has 0 unspecified atom stereocenters. The Morgan fingerprint density at radius 3 is 2.46 bits per heavy atom. The molecule has 4 N–H and O–H groups in total. The first-order valence-corrected chi connectivity index (χ1v) is 12.7. The van der Waals surface area contributed by atoms with Crippen LogP contribution in [0.25, 0.3) is 0 Å². The number of esters is 1. The highest BCUT2D eigenvalue weighted by atomic mass is 35.5. The van der Waals surface area contributed by atoms with Crippen LogP contribution in [0.1, 0.15) is 43.4 Å². The summed E-state index contributed by atoms with van der Waals surface area (Å²) in [5, 5.41) is 17.9. The maximum atomic E-state index is 13.0. The van der Waals surface area contributed by atoms with Gasteiger partial charge in [0.2, 0.25) is 5.95 Å². The lowest BCUT2D eigenvalue weighted by Crippen LogP contribution is -2.49. The highest BCUT2D eigenvalue weighted by Gasteiger charge is 2.26. The number of thiophene rings is 1. The van der Waals surface area contributed by atoms with Crippen LogP contribution in [0, 0.1) is 13.8 Å². The Hall–Kier alpha value is -3.70. The molecule has 37 heavy (non-hydrogen) atoms. The number of benzene rings is 1. The van der Waals surface area contributed by atoms with Crippen molar-refractivity contribution in [1.82, 2.24) is 20.6 Å². The van der Waals surface area contributed by atoms with Gasteiger partial charge in [-0.2, -0.15) is 0 Å². The number of hydrogen-bond donors (Lipinski definition) is 4. The first kappa shape index (κ1) is 27.9. The van der Waals surface area contributed by atoms with Crippen molar-refractivity contribution in [3.63, 3.8) is 0 Å². The average molecular weight is 546 g/mol. The quantitative estimate of drug-likeness (QED) is 0.212. The molecule has 3 rings (SSSR count). The zero-order chi connectivity index (χ0) is 26.9. The van der Waals surface area contributed by atoms with Crippen LogP contribution in [0.3, 0.4) is 0 Å². The molecule has 0 aliphatic heterocycles. The molecule has 2 amide bonds. The number of anilines is 1. The van der Waals surface area contributed by atoms with Crippen LogP contribution in [0.15, 0.2) is 36.4 Å². The molecule has 0 aliphatic rings. The molecule has 0 saturated heterocycles. The van der Waals surface area contributed by atoms with Crippen molar-refractivity contribution >= 4 is 46.7 Å². The molecule has 0 fully saturated rings. The number of aromatic hydroxyl groups is 1. The van der Waals surface area contributed by atoms with Crippen LogP contribution in [0.4, 0.5) is 5.95 Å². The second-order valence-electron chi connectivity index (χ2n) is 8.16. The molecule has 2 aromatic heterocycles. The van der Waals surface area contributed by atoms with E-state index in [-0.39, 0.29) is 17.9 Å². The first-order chi connectivity index (χ1) is 17.7. The Kier molecular flexibility index (Phi) is 9.81. The fourth-order valence-corrected chi connectivity index (χ4v) is 4.57. The summed E-state index contributed by atoms with van der Waals surface area (Å²) in [6, 6.07) is 9.15. The monoisotopic (exact) mass is 545 g/mol. The summed E-state index contributed by atoms with van der Waals surface area (Å²) in [5.41, 5.74) is 2.12. The number of aryl methyl sites for hydroxylation is 3. The summed E-state index contributed by atoms with van der Waals surface area (Å²) in [6.07, 6.45) is 1.56. The zero-order valence-corrected chi connectivity index (χ0v) is 22.2. The number of nitrogens with zero attached hydrogens (tertiary/aromatic N) is 2. The van der Waals surface area contributed by atoms with E-state index in [0.717, 1.165) is 29.7 Å². The molecular weight excluding hydrogens is 518 g/mol. The Balaban J connectivity index is 1.59. The number of phenols is 1. The summed E-state index contributed by atoms with van der Waals surface area (Å²) in [6.45, 7) is 3.78. The van der Waals surface area contributed by atoms with Crippen LogP contribution in [-0.4, -0.2) is 59.1 Å². The van der Waals surface area contributed by atoms with Crippen LogP contribution in [0.5, 0.6) is 5.75 Å². The maximum Gasteiger partial charge on any atom is 0.330 e. The van der Waals surface area contributed by atoms with E-state index in [0.29, 0.717) is 33.1 Å². The Bertz CT molecular complexity index is 1260. The minimum atomic E-state index is -1.12. The van der Waals surface area contributed by atoms with Gasteiger partial charge in [0.25, 0.3) is 11.8 Å². The number of rotatable bonds is 11. The third-order valence-electron chi connectivity index (χ3n) is 5.39. The average Bonchev–Trinajstić information content (AvgIpc) is 3.29. The summed E-state index contributed by atoms with van der Waals surface area (Å²) in [7, 11) is 1.20. The number of methoxy groups -OCH3 is 1. The maximum absolute atomic E-state index is 13.0. The number of carbonyl (C=O) groups excluding carboxylic acids is 3.